The van der Waals surface area contributed by atoms with Gasteiger partial charge in [0.15, 0.2) is 0 Å². The number of hydrogen-bond acceptors (Lipinski definition) is 5. The first-order valence-corrected chi connectivity index (χ1v) is 11.9. The molecule has 1 unspecified atom stereocenters. The fourth-order valence-corrected chi connectivity index (χ4v) is 5.03. The van der Waals surface area contributed by atoms with Crippen LogP contribution in [0.3, 0.4) is 0 Å². The number of benzene rings is 2. The largest absolute Gasteiger partial charge is 0.368 e. The second-order valence-corrected chi connectivity index (χ2v) is 9.45. The lowest BCUT2D eigenvalue weighted by molar-refractivity contribution is -0.122. The van der Waals surface area contributed by atoms with Crippen LogP contribution in [0.5, 0.6) is 0 Å². The Bertz CT molecular complexity index is 1180. The normalized spacial score (nSPS) is 16.0. The van der Waals surface area contributed by atoms with Crippen molar-refractivity contribution >= 4 is 29.3 Å². The van der Waals surface area contributed by atoms with Crippen molar-refractivity contribution in [1.29, 1.82) is 0 Å². The van der Waals surface area contributed by atoms with Gasteiger partial charge < -0.3 is 11.1 Å². The number of rotatable bonds is 7. The highest BCUT2D eigenvalue weighted by Gasteiger charge is 2.28. The van der Waals surface area contributed by atoms with E-state index in [2.05, 4.69) is 41.2 Å². The van der Waals surface area contributed by atoms with E-state index in [0.717, 1.165) is 29.8 Å². The minimum atomic E-state index is -0.276. The second-order valence-electron chi connectivity index (χ2n) is 8.39. The van der Waals surface area contributed by atoms with Crippen molar-refractivity contribution in [3.8, 4) is 0 Å². The predicted molar refractivity (Wildman–Crippen MR) is 131 cm³/mol. The van der Waals surface area contributed by atoms with Crippen LogP contribution in [0.1, 0.15) is 39.9 Å². The van der Waals surface area contributed by atoms with E-state index in [1.54, 1.807) is 18.3 Å². The summed E-state index contributed by atoms with van der Waals surface area (Å²) in [7, 11) is 0. The number of pyridine rings is 1. The average molecular weight is 461 g/mol. The number of aromatic nitrogens is 1. The van der Waals surface area contributed by atoms with Crippen molar-refractivity contribution in [3.05, 3.63) is 83.0 Å². The zero-order chi connectivity index (χ0) is 23.4. The Morgan fingerprint density at radius 1 is 1.12 bits per heavy atom. The van der Waals surface area contributed by atoms with Crippen LogP contribution in [-0.4, -0.2) is 34.3 Å². The standard InChI is InChI=1S/C26H28N4O2S/c1-17-10-11-21(14-18(17)2)33-26-22(8-4-12-28-26)25(32)29-20-7-3-6-19(15-20)16-30-13-5-9-23(30)24(27)31/h3-4,6-8,10-12,14-15,23H,5,9,13,16H2,1-2H3,(H2,27,31)(H,29,32). The van der Waals surface area contributed by atoms with Crippen molar-refractivity contribution in [2.45, 2.75) is 49.2 Å². The van der Waals surface area contributed by atoms with Crippen molar-refractivity contribution in [2.75, 3.05) is 11.9 Å². The Labute approximate surface area is 198 Å². The van der Waals surface area contributed by atoms with Crippen LogP contribution < -0.4 is 11.1 Å². The lowest BCUT2D eigenvalue weighted by atomic mass is 10.1. The number of anilines is 1. The van der Waals surface area contributed by atoms with Crippen LogP contribution in [-0.2, 0) is 11.3 Å². The molecule has 6 nitrogen and oxygen atoms in total. The molecule has 3 aromatic rings. The Balaban J connectivity index is 1.48. The quantitative estimate of drug-likeness (QED) is 0.540. The molecule has 2 aromatic carbocycles. The van der Waals surface area contributed by atoms with Crippen LogP contribution in [0.25, 0.3) is 0 Å². The molecule has 0 aliphatic carbocycles. The SMILES string of the molecule is Cc1ccc(Sc2ncccc2C(=O)Nc2cccc(CN3CCCC3C(N)=O)c2)cc1C. The number of aryl methyl sites for hydroxylation is 2. The molecule has 33 heavy (non-hydrogen) atoms. The van der Waals surface area contributed by atoms with Crippen molar-refractivity contribution in [3.63, 3.8) is 0 Å². The first-order chi connectivity index (χ1) is 15.9. The van der Waals surface area contributed by atoms with Gasteiger partial charge in [0.2, 0.25) is 5.91 Å². The van der Waals surface area contributed by atoms with Crippen LogP contribution in [0.4, 0.5) is 5.69 Å². The van der Waals surface area contributed by atoms with Gasteiger partial charge in [-0.1, -0.05) is 30.0 Å². The Hall–Kier alpha value is -3.16. The van der Waals surface area contributed by atoms with Gasteiger partial charge in [0.05, 0.1) is 11.6 Å². The molecule has 4 rings (SSSR count). The van der Waals surface area contributed by atoms with Gasteiger partial charge in [0.25, 0.3) is 5.91 Å². The Morgan fingerprint density at radius 2 is 1.97 bits per heavy atom. The fraction of sp³-hybridized carbons (Fsp3) is 0.269. The smallest absolute Gasteiger partial charge is 0.258 e. The van der Waals surface area contributed by atoms with Crippen LogP contribution >= 0.6 is 11.8 Å². The molecule has 170 valence electrons. The number of carbonyl (C=O) groups is 2. The van der Waals surface area contributed by atoms with Crippen LogP contribution in [0, 0.1) is 13.8 Å². The minimum absolute atomic E-state index is 0.206. The number of nitrogens with two attached hydrogens (primary N) is 1. The summed E-state index contributed by atoms with van der Waals surface area (Å²) in [5.74, 6) is -0.481. The molecule has 1 fully saturated rings. The van der Waals surface area contributed by atoms with Crippen LogP contribution in [0.15, 0.2) is 70.7 Å². The molecule has 1 aliphatic rings. The highest BCUT2D eigenvalue weighted by molar-refractivity contribution is 7.99. The van der Waals surface area contributed by atoms with E-state index in [-0.39, 0.29) is 17.9 Å². The molecular formula is C26H28N4O2S. The highest BCUT2D eigenvalue weighted by Crippen LogP contribution is 2.30. The van der Waals surface area contributed by atoms with Crippen LogP contribution in [0.2, 0.25) is 0 Å². The van der Waals surface area contributed by atoms with E-state index >= 15 is 0 Å². The molecule has 0 bridgehead atoms. The van der Waals surface area contributed by atoms with Gasteiger partial charge in [-0.3, -0.25) is 14.5 Å². The Kier molecular flexibility index (Phi) is 7.11. The van der Waals surface area contributed by atoms with E-state index < -0.39 is 0 Å². The molecule has 2 heterocycles. The number of nitrogens with zero attached hydrogens (tertiary/aromatic N) is 2. The Morgan fingerprint density at radius 3 is 2.76 bits per heavy atom. The van der Waals surface area contributed by atoms with E-state index in [1.807, 2.05) is 30.3 Å². The van der Waals surface area contributed by atoms with Gasteiger partial charge in [-0.25, -0.2) is 4.98 Å². The molecule has 1 aromatic heterocycles. The number of nitrogens with one attached hydrogen (secondary N) is 1. The van der Waals surface area contributed by atoms with Gasteiger partial charge in [-0.2, -0.15) is 0 Å². The summed E-state index contributed by atoms with van der Waals surface area (Å²) in [6.45, 7) is 5.62. The zero-order valence-corrected chi connectivity index (χ0v) is 19.7. The molecular weight excluding hydrogens is 432 g/mol. The van der Waals surface area contributed by atoms with Crippen molar-refractivity contribution < 1.29 is 9.59 Å². The molecule has 7 heteroatoms. The number of hydrogen-bond donors (Lipinski definition) is 2. The summed E-state index contributed by atoms with van der Waals surface area (Å²) in [4.78, 5) is 32.4. The van der Waals surface area contributed by atoms with Gasteiger partial charge >= 0.3 is 0 Å². The molecule has 0 saturated carbocycles. The van der Waals surface area contributed by atoms with Gasteiger partial charge in [-0.05, 0) is 86.3 Å². The molecule has 0 radical (unpaired) electrons. The summed E-state index contributed by atoms with van der Waals surface area (Å²) < 4.78 is 0. The summed E-state index contributed by atoms with van der Waals surface area (Å²) in [6, 6.07) is 17.3. The molecule has 1 saturated heterocycles. The summed E-state index contributed by atoms with van der Waals surface area (Å²) in [6.07, 6.45) is 3.46. The van der Waals surface area contributed by atoms with E-state index in [0.29, 0.717) is 22.8 Å². The first-order valence-electron chi connectivity index (χ1n) is 11.0. The lowest BCUT2D eigenvalue weighted by Crippen LogP contribution is -2.39. The van der Waals surface area contributed by atoms with Gasteiger partial charge in [0.1, 0.15) is 5.03 Å². The molecule has 3 N–H and O–H groups in total. The lowest BCUT2D eigenvalue weighted by Gasteiger charge is -2.22. The predicted octanol–water partition coefficient (Wildman–Crippen LogP) is 4.55. The summed E-state index contributed by atoms with van der Waals surface area (Å²) in [5, 5.41) is 3.66. The van der Waals surface area contributed by atoms with E-state index in [1.165, 1.54) is 22.9 Å². The molecule has 2 amide bonds. The van der Waals surface area contributed by atoms with Gasteiger partial charge in [-0.15, -0.1) is 0 Å². The maximum atomic E-state index is 13.1. The van der Waals surface area contributed by atoms with E-state index in [4.69, 9.17) is 5.73 Å². The molecule has 1 aliphatic heterocycles. The first kappa shape index (κ1) is 23.0. The second kappa shape index (κ2) is 10.2. The zero-order valence-electron chi connectivity index (χ0n) is 18.9. The third kappa shape index (κ3) is 5.61. The number of likely N-dealkylation sites (tertiary alicyclic amines) is 1. The third-order valence-electron chi connectivity index (χ3n) is 5.97. The fourth-order valence-electron chi connectivity index (χ4n) is 4.05. The number of amides is 2. The van der Waals surface area contributed by atoms with E-state index in [9.17, 15) is 9.59 Å². The maximum Gasteiger partial charge on any atom is 0.258 e. The summed E-state index contributed by atoms with van der Waals surface area (Å²) in [5.41, 5.74) is 10.2. The molecule has 0 spiro atoms. The van der Waals surface area contributed by atoms with Gasteiger partial charge in [0, 0.05) is 23.3 Å². The molecule has 1 atom stereocenters. The van der Waals surface area contributed by atoms with Crippen molar-refractivity contribution in [1.82, 2.24) is 9.88 Å². The summed E-state index contributed by atoms with van der Waals surface area (Å²) >= 11 is 1.48. The maximum absolute atomic E-state index is 13.1. The monoisotopic (exact) mass is 460 g/mol. The number of carbonyl (C=O) groups excluding carboxylic acids is 2. The average Bonchev–Trinajstić information content (AvgIpc) is 3.25. The minimum Gasteiger partial charge on any atom is -0.368 e. The highest BCUT2D eigenvalue weighted by atomic mass is 32.2. The third-order valence-corrected chi connectivity index (χ3v) is 6.98. The topological polar surface area (TPSA) is 88.3 Å². The van der Waals surface area contributed by atoms with Crippen molar-refractivity contribution in [2.24, 2.45) is 5.73 Å². The number of primary amides is 1.